The van der Waals surface area contributed by atoms with Gasteiger partial charge in [-0.2, -0.15) is 18.3 Å². The zero-order chi connectivity index (χ0) is 24.6. The van der Waals surface area contributed by atoms with Crippen LogP contribution in [0.5, 0.6) is 5.88 Å². The van der Waals surface area contributed by atoms with Gasteiger partial charge in [-0.25, -0.2) is 19.6 Å². The lowest BCUT2D eigenvalue weighted by Gasteiger charge is -2.40. The summed E-state index contributed by atoms with van der Waals surface area (Å²) < 4.78 is 47.1. The Balaban J connectivity index is 1.56. The maximum atomic E-state index is 13.5. The van der Waals surface area contributed by atoms with Crippen LogP contribution in [0.3, 0.4) is 0 Å². The molecular formula is C21H24F3N7O2S. The molecule has 1 saturated heterocycles. The van der Waals surface area contributed by atoms with E-state index in [0.29, 0.717) is 59.1 Å². The number of aromatic nitrogens is 5. The molecule has 0 N–H and O–H groups in total. The molecule has 182 valence electrons. The van der Waals surface area contributed by atoms with Crippen LogP contribution in [0, 0.1) is 13.8 Å². The van der Waals surface area contributed by atoms with Crippen molar-refractivity contribution >= 4 is 22.2 Å². The molecule has 1 aliphatic heterocycles. The highest BCUT2D eigenvalue weighted by atomic mass is 32.1. The monoisotopic (exact) mass is 495 g/mol. The van der Waals surface area contributed by atoms with Gasteiger partial charge in [0.15, 0.2) is 0 Å². The number of anilines is 1. The molecule has 13 heteroatoms. The molecule has 0 unspecified atom stereocenters. The number of methoxy groups -OCH3 is 1. The van der Waals surface area contributed by atoms with Crippen LogP contribution in [0.2, 0.25) is 0 Å². The van der Waals surface area contributed by atoms with Gasteiger partial charge >= 0.3 is 6.18 Å². The highest BCUT2D eigenvalue weighted by Gasteiger charge is 2.38. The molecule has 9 nitrogen and oxygen atoms in total. The molecule has 0 saturated carbocycles. The van der Waals surface area contributed by atoms with Crippen molar-refractivity contribution in [1.82, 2.24) is 29.6 Å². The first-order chi connectivity index (χ1) is 16.1. The first kappa shape index (κ1) is 23.9. The summed E-state index contributed by atoms with van der Waals surface area (Å²) in [4.78, 5) is 28.7. The summed E-state index contributed by atoms with van der Waals surface area (Å²) in [6, 6.07) is 3.00. The molecule has 4 rings (SSSR count). The van der Waals surface area contributed by atoms with Gasteiger partial charge in [-0.15, -0.1) is 0 Å². The largest absolute Gasteiger partial charge is 0.481 e. The van der Waals surface area contributed by atoms with Gasteiger partial charge < -0.3 is 14.5 Å². The van der Waals surface area contributed by atoms with E-state index in [9.17, 15) is 18.0 Å². The van der Waals surface area contributed by atoms with Crippen LogP contribution in [0.25, 0.3) is 11.3 Å². The molecule has 0 bridgehead atoms. The minimum atomic E-state index is -4.56. The average molecular weight is 496 g/mol. The smallest absolute Gasteiger partial charge is 0.443 e. The van der Waals surface area contributed by atoms with Gasteiger partial charge in [0.05, 0.1) is 7.11 Å². The van der Waals surface area contributed by atoms with Crippen molar-refractivity contribution in [3.63, 3.8) is 0 Å². The quantitative estimate of drug-likeness (QED) is 0.537. The summed E-state index contributed by atoms with van der Waals surface area (Å²) >= 11 is 0.602. The number of thiazole rings is 1. The third-order valence-electron chi connectivity index (χ3n) is 5.55. The second-order valence-electron chi connectivity index (χ2n) is 8.01. The van der Waals surface area contributed by atoms with Crippen molar-refractivity contribution in [1.29, 1.82) is 0 Å². The Kier molecular flexibility index (Phi) is 6.47. The Morgan fingerprint density at radius 1 is 1.24 bits per heavy atom. The number of nitrogens with zero attached hydrogens (tertiary/aromatic N) is 7. The second kappa shape index (κ2) is 9.20. The highest BCUT2D eigenvalue weighted by Crippen LogP contribution is 2.43. The standard InChI is InChI=1S/C21H24F3N7O2S/c1-12-10-29(7-8-30(12)17(32)11-31-14(3)26-13(2)28-31)19-18(27-20(34-19)21(22,23)24)15-5-6-16(33-4)25-9-15/h5-6,9,12H,7-8,10-11H2,1-4H3/t12-/m1/s1. The number of alkyl halides is 3. The molecule has 3 aromatic heterocycles. The molecular weight excluding hydrogens is 471 g/mol. The number of piperazine rings is 1. The van der Waals surface area contributed by atoms with Crippen molar-refractivity contribution in [3.05, 3.63) is 35.0 Å². The topological polar surface area (TPSA) is 89.3 Å². The van der Waals surface area contributed by atoms with Crippen LogP contribution in [-0.4, -0.2) is 68.3 Å². The Bertz CT molecular complexity index is 1180. The van der Waals surface area contributed by atoms with E-state index in [-0.39, 0.29) is 24.2 Å². The number of rotatable bonds is 5. The van der Waals surface area contributed by atoms with Gasteiger partial charge in [-0.3, -0.25) is 4.79 Å². The molecule has 1 fully saturated rings. The van der Waals surface area contributed by atoms with Gasteiger partial charge in [0.2, 0.25) is 16.8 Å². The van der Waals surface area contributed by atoms with E-state index in [1.807, 2.05) is 11.8 Å². The Morgan fingerprint density at radius 3 is 2.56 bits per heavy atom. The molecule has 0 aromatic carbocycles. The normalized spacial score (nSPS) is 16.7. The van der Waals surface area contributed by atoms with Gasteiger partial charge in [0.25, 0.3) is 0 Å². The molecule has 0 radical (unpaired) electrons. The Hall–Kier alpha value is -3.22. The molecule has 3 aromatic rings. The van der Waals surface area contributed by atoms with E-state index in [0.717, 1.165) is 0 Å². The van der Waals surface area contributed by atoms with Crippen molar-refractivity contribution in [2.75, 3.05) is 31.6 Å². The number of halogens is 3. The van der Waals surface area contributed by atoms with Crippen LogP contribution < -0.4 is 9.64 Å². The molecule has 4 heterocycles. The lowest BCUT2D eigenvalue weighted by Crippen LogP contribution is -2.54. The molecule has 1 amide bonds. The summed E-state index contributed by atoms with van der Waals surface area (Å²) in [5.41, 5.74) is 0.680. The van der Waals surface area contributed by atoms with Crippen molar-refractivity contribution < 1.29 is 22.7 Å². The lowest BCUT2D eigenvalue weighted by molar-refractivity contribution is -0.137. The number of hydrogen-bond donors (Lipinski definition) is 0. The summed E-state index contributed by atoms with van der Waals surface area (Å²) in [6.07, 6.45) is -3.11. The number of hydrogen-bond acceptors (Lipinski definition) is 8. The summed E-state index contributed by atoms with van der Waals surface area (Å²) in [5, 5.41) is 3.72. The van der Waals surface area contributed by atoms with E-state index < -0.39 is 11.2 Å². The van der Waals surface area contributed by atoms with E-state index in [1.165, 1.54) is 13.3 Å². The van der Waals surface area contributed by atoms with E-state index in [2.05, 4.69) is 20.1 Å². The molecule has 34 heavy (non-hydrogen) atoms. The maximum absolute atomic E-state index is 13.5. The number of carbonyl (C=O) groups is 1. The summed E-state index contributed by atoms with van der Waals surface area (Å²) in [7, 11) is 1.46. The summed E-state index contributed by atoms with van der Waals surface area (Å²) in [5.74, 6) is 1.49. The van der Waals surface area contributed by atoms with Gasteiger partial charge in [-0.05, 0) is 26.8 Å². The van der Waals surface area contributed by atoms with Crippen molar-refractivity contribution in [3.8, 4) is 17.1 Å². The van der Waals surface area contributed by atoms with Gasteiger partial charge in [0, 0.05) is 43.5 Å². The van der Waals surface area contributed by atoms with Crippen LogP contribution >= 0.6 is 11.3 Å². The van der Waals surface area contributed by atoms with E-state index in [4.69, 9.17) is 4.74 Å². The fraction of sp³-hybridized carbons (Fsp3) is 0.476. The average Bonchev–Trinajstić information content (AvgIpc) is 3.37. The van der Waals surface area contributed by atoms with Crippen LogP contribution in [0.1, 0.15) is 23.6 Å². The van der Waals surface area contributed by atoms with Crippen LogP contribution in [-0.2, 0) is 17.5 Å². The zero-order valence-electron chi connectivity index (χ0n) is 19.1. The molecule has 0 spiro atoms. The lowest BCUT2D eigenvalue weighted by atomic mass is 10.1. The van der Waals surface area contributed by atoms with Crippen LogP contribution in [0.15, 0.2) is 18.3 Å². The van der Waals surface area contributed by atoms with Gasteiger partial charge in [-0.1, -0.05) is 11.3 Å². The van der Waals surface area contributed by atoms with Crippen molar-refractivity contribution in [2.45, 2.75) is 39.5 Å². The zero-order valence-corrected chi connectivity index (χ0v) is 19.9. The van der Waals surface area contributed by atoms with Gasteiger partial charge in [0.1, 0.15) is 28.9 Å². The number of aryl methyl sites for hydroxylation is 2. The first-order valence-electron chi connectivity index (χ1n) is 10.6. The molecule has 0 aliphatic carbocycles. The Morgan fingerprint density at radius 2 is 2.00 bits per heavy atom. The summed E-state index contributed by atoms with van der Waals surface area (Å²) in [6.45, 7) is 6.61. The predicted octanol–water partition coefficient (Wildman–Crippen LogP) is 3.18. The third-order valence-corrected chi connectivity index (χ3v) is 6.71. The fourth-order valence-corrected chi connectivity index (χ4v) is 4.91. The number of ether oxygens (including phenoxy) is 1. The highest BCUT2D eigenvalue weighted by molar-refractivity contribution is 7.16. The molecule has 1 aliphatic rings. The maximum Gasteiger partial charge on any atom is 0.443 e. The van der Waals surface area contributed by atoms with E-state index in [1.54, 1.807) is 35.6 Å². The van der Waals surface area contributed by atoms with Crippen molar-refractivity contribution in [2.24, 2.45) is 0 Å². The van der Waals surface area contributed by atoms with Crippen LogP contribution in [0.4, 0.5) is 18.2 Å². The SMILES string of the molecule is COc1ccc(-c2nc(C(F)(F)F)sc2N2CCN(C(=O)Cn3nc(C)nc3C)[C@H](C)C2)cn1. The second-order valence-corrected chi connectivity index (χ2v) is 8.98. The number of carbonyl (C=O) groups excluding carboxylic acids is 1. The first-order valence-corrected chi connectivity index (χ1v) is 11.4. The number of amides is 1. The van der Waals surface area contributed by atoms with E-state index >= 15 is 0 Å². The minimum absolute atomic E-state index is 0.0680. The minimum Gasteiger partial charge on any atom is -0.481 e. The number of pyridine rings is 1. The fourth-order valence-electron chi connectivity index (χ4n) is 3.92. The molecule has 1 atom stereocenters. The predicted molar refractivity (Wildman–Crippen MR) is 120 cm³/mol. The Labute approximate surface area is 198 Å². The third kappa shape index (κ3) is 4.83.